The van der Waals surface area contributed by atoms with Gasteiger partial charge in [0.15, 0.2) is 0 Å². The predicted octanol–water partition coefficient (Wildman–Crippen LogP) is 2.76. The summed E-state index contributed by atoms with van der Waals surface area (Å²) in [6.45, 7) is 7.39. The molecule has 0 bridgehead atoms. The Hall–Kier alpha value is -2.30. The van der Waals surface area contributed by atoms with Gasteiger partial charge in [-0.1, -0.05) is 6.07 Å². The first kappa shape index (κ1) is 24.7. The molecule has 0 fully saturated rings. The number of halogens is 2. The fourth-order valence-corrected chi connectivity index (χ4v) is 2.15. The molecular formula is C19H28F2N2O6. The number of hydrogen-bond donors (Lipinski definition) is 3. The average Bonchev–Trinajstić information content (AvgIpc) is 2.54. The lowest BCUT2D eigenvalue weighted by Gasteiger charge is -2.29. The average molecular weight is 418 g/mol. The van der Waals surface area contributed by atoms with Crippen molar-refractivity contribution in [1.29, 1.82) is 0 Å². The predicted molar refractivity (Wildman–Crippen MR) is 100.0 cm³/mol. The summed E-state index contributed by atoms with van der Waals surface area (Å²) < 4.78 is 37.0. The lowest BCUT2D eigenvalue weighted by molar-refractivity contribution is -0.248. The van der Waals surface area contributed by atoms with Crippen LogP contribution in [0.3, 0.4) is 0 Å². The van der Waals surface area contributed by atoms with Crippen molar-refractivity contribution in [1.82, 2.24) is 10.6 Å². The Labute approximate surface area is 168 Å². The van der Waals surface area contributed by atoms with Crippen molar-refractivity contribution in [2.24, 2.45) is 0 Å². The summed E-state index contributed by atoms with van der Waals surface area (Å²) in [6, 6.07) is 2.28. The van der Waals surface area contributed by atoms with Crippen molar-refractivity contribution >= 4 is 12.0 Å². The zero-order chi connectivity index (χ0) is 22.2. The Morgan fingerprint density at radius 1 is 1.14 bits per heavy atom. The number of carbonyl (C=O) groups excluding carboxylic acids is 2. The quantitative estimate of drug-likeness (QED) is 0.421. The summed E-state index contributed by atoms with van der Waals surface area (Å²) in [7, 11) is 0. The Kier molecular flexibility index (Phi) is 8.93. The van der Waals surface area contributed by atoms with Crippen LogP contribution in [0.15, 0.2) is 18.2 Å². The van der Waals surface area contributed by atoms with E-state index in [1.54, 1.807) is 20.8 Å². The van der Waals surface area contributed by atoms with E-state index in [-0.39, 0.29) is 25.4 Å². The van der Waals surface area contributed by atoms with Crippen LogP contribution in [0.2, 0.25) is 0 Å². The van der Waals surface area contributed by atoms with E-state index in [4.69, 9.17) is 14.7 Å². The molecule has 10 heteroatoms. The molecule has 1 atom stereocenters. The van der Waals surface area contributed by atoms with Crippen LogP contribution in [-0.4, -0.2) is 47.7 Å². The van der Waals surface area contributed by atoms with Gasteiger partial charge in [0.25, 0.3) is 0 Å². The number of benzene rings is 1. The molecule has 0 radical (unpaired) electrons. The number of carbonyl (C=O) groups is 2. The summed E-state index contributed by atoms with van der Waals surface area (Å²) >= 11 is 0. The van der Waals surface area contributed by atoms with E-state index in [0.29, 0.717) is 0 Å². The Morgan fingerprint density at radius 3 is 2.34 bits per heavy atom. The van der Waals surface area contributed by atoms with E-state index >= 15 is 0 Å². The molecule has 0 unspecified atom stereocenters. The second kappa shape index (κ2) is 10.5. The van der Waals surface area contributed by atoms with Crippen molar-refractivity contribution in [2.75, 3.05) is 13.2 Å². The minimum absolute atomic E-state index is 0.133. The van der Waals surface area contributed by atoms with Crippen molar-refractivity contribution in [2.45, 2.75) is 58.4 Å². The van der Waals surface area contributed by atoms with Crippen LogP contribution in [-0.2, 0) is 25.8 Å². The molecule has 29 heavy (non-hydrogen) atoms. The third-order valence-corrected chi connectivity index (χ3v) is 3.58. The molecule has 0 saturated carbocycles. The molecule has 0 heterocycles. The molecule has 2 amide bonds. The van der Waals surface area contributed by atoms with Gasteiger partial charge in [0.1, 0.15) is 29.4 Å². The summed E-state index contributed by atoms with van der Waals surface area (Å²) in [5.74, 6) is -2.04. The number of amides is 2. The SMILES string of the molecule is CC(C)(C)OC(=O)NC(C)(C)C(=O)N[C@@H](COO)COCc1ccc(F)cc1F. The summed E-state index contributed by atoms with van der Waals surface area (Å²) in [5, 5.41) is 13.7. The smallest absolute Gasteiger partial charge is 0.408 e. The molecular weight excluding hydrogens is 390 g/mol. The molecule has 1 aromatic rings. The first-order chi connectivity index (χ1) is 13.3. The van der Waals surface area contributed by atoms with Crippen molar-refractivity contribution in [3.05, 3.63) is 35.4 Å². The molecule has 0 aliphatic heterocycles. The normalized spacial score (nSPS) is 13.0. The number of hydrogen-bond acceptors (Lipinski definition) is 6. The standard InChI is InChI=1S/C19H28F2N2O6/c1-18(2,3)29-17(25)23-19(4,5)16(24)22-14(11-28-26)10-27-9-12-6-7-13(20)8-15(12)21/h6-8,14,26H,9-11H2,1-5H3,(H,22,24)(H,23,25)/t14-/m1/s1. The Morgan fingerprint density at radius 2 is 1.79 bits per heavy atom. The van der Waals surface area contributed by atoms with E-state index < -0.39 is 40.8 Å². The second-order valence-corrected chi connectivity index (χ2v) is 7.97. The zero-order valence-electron chi connectivity index (χ0n) is 17.2. The largest absolute Gasteiger partial charge is 0.444 e. The lowest BCUT2D eigenvalue weighted by Crippen LogP contribution is -2.58. The van der Waals surface area contributed by atoms with Gasteiger partial charge in [0, 0.05) is 11.6 Å². The molecule has 8 nitrogen and oxygen atoms in total. The number of rotatable bonds is 9. The maximum absolute atomic E-state index is 13.6. The highest BCUT2D eigenvalue weighted by Crippen LogP contribution is 2.12. The van der Waals surface area contributed by atoms with Crippen LogP contribution in [0.1, 0.15) is 40.2 Å². The highest BCUT2D eigenvalue weighted by molar-refractivity contribution is 5.89. The van der Waals surface area contributed by atoms with E-state index in [2.05, 4.69) is 15.5 Å². The van der Waals surface area contributed by atoms with Gasteiger partial charge in [-0.05, 0) is 40.7 Å². The first-order valence-electron chi connectivity index (χ1n) is 8.94. The van der Waals surface area contributed by atoms with Crippen LogP contribution in [0, 0.1) is 11.6 Å². The molecule has 3 N–H and O–H groups in total. The third kappa shape index (κ3) is 9.16. The highest BCUT2D eigenvalue weighted by Gasteiger charge is 2.33. The summed E-state index contributed by atoms with van der Waals surface area (Å²) in [4.78, 5) is 28.5. The Balaban J connectivity index is 2.62. The first-order valence-corrected chi connectivity index (χ1v) is 8.94. The molecule has 0 saturated heterocycles. The monoisotopic (exact) mass is 418 g/mol. The van der Waals surface area contributed by atoms with Crippen molar-refractivity contribution in [3.63, 3.8) is 0 Å². The topological polar surface area (TPSA) is 106 Å². The van der Waals surface area contributed by atoms with Crippen LogP contribution in [0.4, 0.5) is 13.6 Å². The molecule has 1 aromatic carbocycles. The number of nitrogens with one attached hydrogen (secondary N) is 2. The van der Waals surface area contributed by atoms with Gasteiger partial charge in [-0.25, -0.2) is 18.5 Å². The van der Waals surface area contributed by atoms with Gasteiger partial charge in [-0.3, -0.25) is 10.1 Å². The summed E-state index contributed by atoms with van der Waals surface area (Å²) in [6.07, 6.45) is -0.768. The van der Waals surface area contributed by atoms with Gasteiger partial charge in [0.2, 0.25) is 5.91 Å². The van der Waals surface area contributed by atoms with Crippen LogP contribution >= 0.6 is 0 Å². The van der Waals surface area contributed by atoms with Crippen LogP contribution < -0.4 is 10.6 Å². The highest BCUT2D eigenvalue weighted by atomic mass is 19.1. The van der Waals surface area contributed by atoms with Gasteiger partial charge < -0.3 is 20.1 Å². The summed E-state index contributed by atoms with van der Waals surface area (Å²) in [5.41, 5.74) is -1.93. The lowest BCUT2D eigenvalue weighted by atomic mass is 10.0. The van der Waals surface area contributed by atoms with E-state index in [9.17, 15) is 18.4 Å². The maximum atomic E-state index is 13.6. The fourth-order valence-electron chi connectivity index (χ4n) is 2.15. The van der Waals surface area contributed by atoms with Gasteiger partial charge >= 0.3 is 6.09 Å². The van der Waals surface area contributed by atoms with E-state index in [1.165, 1.54) is 19.9 Å². The number of ether oxygens (including phenoxy) is 2. The molecule has 1 rings (SSSR count). The molecule has 0 aliphatic rings. The molecule has 0 aromatic heterocycles. The van der Waals surface area contributed by atoms with E-state index in [0.717, 1.165) is 12.1 Å². The van der Waals surface area contributed by atoms with Gasteiger partial charge in [0.05, 0.1) is 19.3 Å². The fraction of sp³-hybridized carbons (Fsp3) is 0.579. The zero-order valence-corrected chi connectivity index (χ0v) is 17.2. The number of alkyl carbamates (subject to hydrolysis) is 1. The maximum Gasteiger partial charge on any atom is 0.408 e. The third-order valence-electron chi connectivity index (χ3n) is 3.58. The van der Waals surface area contributed by atoms with Gasteiger partial charge in [-0.15, -0.1) is 0 Å². The minimum Gasteiger partial charge on any atom is -0.444 e. The molecule has 0 aliphatic carbocycles. The van der Waals surface area contributed by atoms with Crippen molar-refractivity contribution < 1.29 is 38.0 Å². The van der Waals surface area contributed by atoms with Crippen molar-refractivity contribution in [3.8, 4) is 0 Å². The van der Waals surface area contributed by atoms with E-state index in [1.807, 2.05) is 0 Å². The minimum atomic E-state index is -1.33. The molecule has 0 spiro atoms. The van der Waals surface area contributed by atoms with Gasteiger partial charge in [-0.2, -0.15) is 0 Å². The second-order valence-electron chi connectivity index (χ2n) is 7.97. The van der Waals surface area contributed by atoms with Crippen LogP contribution in [0.5, 0.6) is 0 Å². The molecule has 164 valence electrons. The Bertz CT molecular complexity index is 706. The van der Waals surface area contributed by atoms with Crippen LogP contribution in [0.25, 0.3) is 0 Å².